The number of nitrogens with one attached hydrogen (secondary N) is 1. The molecular formula is C31H36Br2N2O3. The Labute approximate surface area is 243 Å². The smallest absolute Gasteiger partial charge is 0.261 e. The molecule has 0 fully saturated rings. The number of hydrogen-bond acceptors (Lipinski definition) is 3. The highest BCUT2D eigenvalue weighted by Gasteiger charge is 2.31. The van der Waals surface area contributed by atoms with Crippen molar-refractivity contribution in [1.29, 1.82) is 0 Å². The summed E-state index contributed by atoms with van der Waals surface area (Å²) in [5, 5.41) is 3.01. The van der Waals surface area contributed by atoms with E-state index in [1.54, 1.807) is 4.90 Å². The molecule has 0 aliphatic heterocycles. The van der Waals surface area contributed by atoms with E-state index in [4.69, 9.17) is 4.74 Å². The molecule has 3 rings (SSSR count). The SMILES string of the molecule is CC(C)NC(=O)[C@H](Cc1ccccc1)N(Cc1cccc(Br)c1)C(=O)COc1ccc(C(C)(C)C)cc1Br. The highest BCUT2D eigenvalue weighted by Crippen LogP contribution is 2.31. The highest BCUT2D eigenvalue weighted by molar-refractivity contribution is 9.10. The van der Waals surface area contributed by atoms with Crippen molar-refractivity contribution in [2.45, 2.75) is 65.1 Å². The van der Waals surface area contributed by atoms with Crippen LogP contribution in [0.25, 0.3) is 0 Å². The molecule has 0 aliphatic carbocycles. The van der Waals surface area contributed by atoms with Crippen LogP contribution in [-0.4, -0.2) is 35.4 Å². The first-order valence-electron chi connectivity index (χ1n) is 12.7. The van der Waals surface area contributed by atoms with Crippen LogP contribution >= 0.6 is 31.9 Å². The van der Waals surface area contributed by atoms with Gasteiger partial charge in [-0.1, -0.05) is 85.2 Å². The van der Waals surface area contributed by atoms with Crippen molar-refractivity contribution in [2.24, 2.45) is 0 Å². The summed E-state index contributed by atoms with van der Waals surface area (Å²) in [6, 6.07) is 22.7. The summed E-state index contributed by atoms with van der Waals surface area (Å²) in [5.41, 5.74) is 3.04. The number of rotatable bonds is 10. The number of benzene rings is 3. The molecule has 3 aromatic rings. The third-order valence-corrected chi connectivity index (χ3v) is 7.21. The van der Waals surface area contributed by atoms with E-state index >= 15 is 0 Å². The van der Waals surface area contributed by atoms with E-state index in [1.807, 2.05) is 86.6 Å². The van der Waals surface area contributed by atoms with Crippen LogP contribution in [-0.2, 0) is 28.0 Å². The predicted molar refractivity (Wildman–Crippen MR) is 160 cm³/mol. The van der Waals surface area contributed by atoms with Gasteiger partial charge in [0.05, 0.1) is 4.47 Å². The molecule has 1 N–H and O–H groups in total. The molecule has 0 aromatic heterocycles. The molecule has 0 heterocycles. The van der Waals surface area contributed by atoms with E-state index < -0.39 is 6.04 Å². The Kier molecular flexibility index (Phi) is 10.6. The normalized spacial score (nSPS) is 12.2. The molecule has 5 nitrogen and oxygen atoms in total. The number of halogens is 2. The zero-order valence-electron chi connectivity index (χ0n) is 22.6. The van der Waals surface area contributed by atoms with Gasteiger partial charge in [0, 0.05) is 23.5 Å². The Balaban J connectivity index is 1.91. The van der Waals surface area contributed by atoms with Gasteiger partial charge >= 0.3 is 0 Å². The van der Waals surface area contributed by atoms with Gasteiger partial charge in [-0.3, -0.25) is 9.59 Å². The van der Waals surface area contributed by atoms with Crippen LogP contribution in [0.2, 0.25) is 0 Å². The molecule has 2 amide bonds. The van der Waals surface area contributed by atoms with Gasteiger partial charge in [0.1, 0.15) is 11.8 Å². The summed E-state index contributed by atoms with van der Waals surface area (Å²) < 4.78 is 7.69. The zero-order valence-corrected chi connectivity index (χ0v) is 25.8. The lowest BCUT2D eigenvalue weighted by Crippen LogP contribution is -2.52. The highest BCUT2D eigenvalue weighted by atomic mass is 79.9. The van der Waals surface area contributed by atoms with Crippen molar-refractivity contribution in [3.8, 4) is 5.75 Å². The molecule has 1 atom stereocenters. The maximum atomic E-state index is 13.8. The summed E-state index contributed by atoms with van der Waals surface area (Å²) in [7, 11) is 0. The third kappa shape index (κ3) is 8.70. The minimum Gasteiger partial charge on any atom is -0.483 e. The first-order chi connectivity index (χ1) is 17.9. The van der Waals surface area contributed by atoms with Gasteiger partial charge in [-0.05, 0) is 76.1 Å². The number of carbonyl (C=O) groups excluding carboxylic acids is 2. The molecular weight excluding hydrogens is 608 g/mol. The lowest BCUT2D eigenvalue weighted by Gasteiger charge is -2.32. The number of hydrogen-bond donors (Lipinski definition) is 1. The second-order valence-corrected chi connectivity index (χ2v) is 12.5. The maximum Gasteiger partial charge on any atom is 0.261 e. The number of nitrogens with zero attached hydrogens (tertiary/aromatic N) is 1. The van der Waals surface area contributed by atoms with E-state index in [9.17, 15) is 9.59 Å². The predicted octanol–water partition coefficient (Wildman–Crippen LogP) is 7.05. The van der Waals surface area contributed by atoms with E-state index in [1.165, 1.54) is 0 Å². The zero-order chi connectivity index (χ0) is 27.9. The molecule has 0 bridgehead atoms. The molecule has 0 radical (unpaired) electrons. The van der Waals surface area contributed by atoms with Gasteiger partial charge in [0.25, 0.3) is 5.91 Å². The van der Waals surface area contributed by atoms with Gasteiger partial charge < -0.3 is 15.0 Å². The van der Waals surface area contributed by atoms with Crippen molar-refractivity contribution in [3.05, 3.63) is 98.4 Å². The third-order valence-electron chi connectivity index (χ3n) is 6.09. The Hall–Kier alpha value is -2.64. The van der Waals surface area contributed by atoms with E-state index in [0.717, 1.165) is 25.6 Å². The molecule has 0 unspecified atom stereocenters. The Morgan fingerprint density at radius 3 is 2.21 bits per heavy atom. The van der Waals surface area contributed by atoms with Crippen molar-refractivity contribution in [1.82, 2.24) is 10.2 Å². The van der Waals surface area contributed by atoms with E-state index in [2.05, 4.69) is 57.9 Å². The lowest BCUT2D eigenvalue weighted by molar-refractivity contribution is -0.143. The summed E-state index contributed by atoms with van der Waals surface area (Å²) in [5.74, 6) is 0.125. The Morgan fingerprint density at radius 1 is 0.921 bits per heavy atom. The quantitative estimate of drug-likeness (QED) is 0.258. The largest absolute Gasteiger partial charge is 0.483 e. The first kappa shape index (κ1) is 29.9. The van der Waals surface area contributed by atoms with Gasteiger partial charge in [-0.2, -0.15) is 0 Å². The topological polar surface area (TPSA) is 58.6 Å². The molecule has 3 aromatic carbocycles. The minimum atomic E-state index is -0.707. The fourth-order valence-corrected chi connectivity index (χ4v) is 5.01. The summed E-state index contributed by atoms with van der Waals surface area (Å²) in [6.07, 6.45) is 0.392. The fraction of sp³-hybridized carbons (Fsp3) is 0.355. The van der Waals surface area contributed by atoms with Crippen LogP contribution in [0.15, 0.2) is 81.7 Å². The second-order valence-electron chi connectivity index (χ2n) is 10.7. The molecule has 202 valence electrons. The minimum absolute atomic E-state index is 0.00788. The van der Waals surface area contributed by atoms with Crippen LogP contribution in [0.1, 0.15) is 51.3 Å². The fourth-order valence-electron chi connectivity index (χ4n) is 4.07. The number of amides is 2. The average Bonchev–Trinajstić information content (AvgIpc) is 2.85. The van der Waals surface area contributed by atoms with Crippen LogP contribution in [0.4, 0.5) is 0 Å². The molecule has 0 spiro atoms. The summed E-state index contributed by atoms with van der Waals surface area (Å²) in [4.78, 5) is 28.8. The van der Waals surface area contributed by atoms with Gasteiger partial charge in [-0.25, -0.2) is 0 Å². The van der Waals surface area contributed by atoms with Crippen LogP contribution in [0.5, 0.6) is 5.75 Å². The van der Waals surface area contributed by atoms with Crippen molar-refractivity contribution in [2.75, 3.05) is 6.61 Å². The van der Waals surface area contributed by atoms with E-state index in [-0.39, 0.29) is 36.4 Å². The van der Waals surface area contributed by atoms with Crippen LogP contribution < -0.4 is 10.1 Å². The molecule has 0 saturated heterocycles. The van der Waals surface area contributed by atoms with Gasteiger partial charge in [0.2, 0.25) is 5.91 Å². The van der Waals surface area contributed by atoms with Gasteiger partial charge in [-0.15, -0.1) is 0 Å². The molecule has 0 aliphatic rings. The van der Waals surface area contributed by atoms with Crippen molar-refractivity contribution >= 4 is 43.7 Å². The monoisotopic (exact) mass is 642 g/mol. The standard InChI is InChI=1S/C31H36Br2N2O3/c1-21(2)34-30(37)27(17-22-10-7-6-8-11-22)35(19-23-12-9-13-25(32)16-23)29(36)20-38-28-15-14-24(18-26(28)33)31(3,4)5/h6-16,18,21,27H,17,19-20H2,1-5H3,(H,34,37)/t27-/m0/s1. The number of ether oxygens (including phenoxy) is 1. The Bertz CT molecular complexity index is 1240. The second kappa shape index (κ2) is 13.4. The maximum absolute atomic E-state index is 13.8. The van der Waals surface area contributed by atoms with Crippen molar-refractivity contribution in [3.63, 3.8) is 0 Å². The van der Waals surface area contributed by atoms with E-state index in [0.29, 0.717) is 12.2 Å². The van der Waals surface area contributed by atoms with Crippen molar-refractivity contribution < 1.29 is 14.3 Å². The first-order valence-corrected chi connectivity index (χ1v) is 14.3. The summed E-state index contributed by atoms with van der Waals surface area (Å²) in [6.45, 7) is 10.4. The van der Waals surface area contributed by atoms with Gasteiger partial charge in [0.15, 0.2) is 6.61 Å². The molecule has 0 saturated carbocycles. The average molecular weight is 644 g/mol. The lowest BCUT2D eigenvalue weighted by atomic mass is 9.87. The molecule has 38 heavy (non-hydrogen) atoms. The van der Waals surface area contributed by atoms with Crippen LogP contribution in [0, 0.1) is 0 Å². The van der Waals surface area contributed by atoms with Crippen LogP contribution in [0.3, 0.4) is 0 Å². The Morgan fingerprint density at radius 2 is 1.61 bits per heavy atom. The summed E-state index contributed by atoms with van der Waals surface area (Å²) >= 11 is 7.11. The number of carbonyl (C=O) groups is 2. The molecule has 7 heteroatoms.